The van der Waals surface area contributed by atoms with Gasteiger partial charge in [-0.1, -0.05) is 204 Å². The molecular weight excluding hydrogens is 771 g/mol. The van der Waals surface area contributed by atoms with Gasteiger partial charge < -0.3 is 4.90 Å². The number of fused-ring (bicyclic) bond motifs is 6. The van der Waals surface area contributed by atoms with Crippen molar-refractivity contribution < 1.29 is 0 Å². The van der Waals surface area contributed by atoms with Crippen molar-refractivity contribution in [3.63, 3.8) is 0 Å². The fourth-order valence-corrected chi connectivity index (χ4v) is 11.1. The van der Waals surface area contributed by atoms with E-state index in [4.69, 9.17) is 0 Å². The fraction of sp³-hybridized carbons (Fsp3) is 0.238. The number of anilines is 3. The minimum Gasteiger partial charge on any atom is -0.310 e. The number of unbranched alkanes of at least 4 members (excludes halogenated alkanes) is 6. The smallest absolute Gasteiger partial charge is 0.0465 e. The molecule has 318 valence electrons. The zero-order valence-electron chi connectivity index (χ0n) is 38.3. The molecule has 10 rings (SSSR count). The predicted octanol–water partition coefficient (Wildman–Crippen LogP) is 18.8. The van der Waals surface area contributed by atoms with Crippen molar-refractivity contribution in [2.45, 2.75) is 97.3 Å². The molecule has 0 saturated carbocycles. The maximum Gasteiger partial charge on any atom is 0.0465 e. The van der Waals surface area contributed by atoms with E-state index in [0.717, 1.165) is 12.8 Å². The Kier molecular flexibility index (Phi) is 11.7. The molecule has 0 atom stereocenters. The summed E-state index contributed by atoms with van der Waals surface area (Å²) in [6.07, 6.45) is 12.3. The zero-order valence-corrected chi connectivity index (χ0v) is 38.3. The first-order chi connectivity index (χ1) is 31.5. The Morgan fingerprint density at radius 2 is 0.812 bits per heavy atom. The lowest BCUT2D eigenvalue weighted by Crippen LogP contribution is -2.26. The van der Waals surface area contributed by atoms with E-state index >= 15 is 0 Å². The second-order valence-corrected chi connectivity index (χ2v) is 18.6. The van der Waals surface area contributed by atoms with E-state index in [9.17, 15) is 0 Å². The van der Waals surface area contributed by atoms with Crippen molar-refractivity contribution in [1.29, 1.82) is 0 Å². The van der Waals surface area contributed by atoms with Gasteiger partial charge in [0.1, 0.15) is 0 Å². The SMILES string of the molecule is CCCCCCC1(CCCCCC)c2cc(-c3c4ccccc4c(-c4ccc5ccccc5c4)c4ccccc34)ccc2-c2ccc(N(c3ccc(C)cc3)c3ccc(C)cc3)cc21. The first kappa shape index (κ1) is 41.6. The molecule has 0 heterocycles. The first-order valence-corrected chi connectivity index (χ1v) is 24.1. The molecule has 1 nitrogen and oxygen atoms in total. The van der Waals surface area contributed by atoms with Crippen LogP contribution in [-0.4, -0.2) is 0 Å². The van der Waals surface area contributed by atoms with Crippen molar-refractivity contribution in [1.82, 2.24) is 0 Å². The molecule has 1 heteroatoms. The lowest BCUT2D eigenvalue weighted by molar-refractivity contribution is 0.401. The van der Waals surface area contributed by atoms with E-state index in [1.165, 1.54) is 156 Å². The van der Waals surface area contributed by atoms with E-state index in [1.807, 2.05) is 0 Å². The van der Waals surface area contributed by atoms with Gasteiger partial charge in [0.25, 0.3) is 0 Å². The summed E-state index contributed by atoms with van der Waals surface area (Å²) >= 11 is 0. The molecule has 0 aromatic heterocycles. The van der Waals surface area contributed by atoms with E-state index in [-0.39, 0.29) is 5.41 Å². The summed E-state index contributed by atoms with van der Waals surface area (Å²) in [6.45, 7) is 9.03. The maximum atomic E-state index is 2.65. The number of rotatable bonds is 15. The third kappa shape index (κ3) is 7.60. The summed E-state index contributed by atoms with van der Waals surface area (Å²) in [7, 11) is 0. The molecule has 1 aliphatic carbocycles. The van der Waals surface area contributed by atoms with Crippen LogP contribution in [0.25, 0.3) is 65.7 Å². The van der Waals surface area contributed by atoms with Gasteiger partial charge in [0.15, 0.2) is 0 Å². The molecule has 9 aromatic carbocycles. The highest BCUT2D eigenvalue weighted by Gasteiger charge is 2.43. The van der Waals surface area contributed by atoms with E-state index in [0.29, 0.717) is 0 Å². The summed E-state index contributed by atoms with van der Waals surface area (Å²) in [6, 6.07) is 67.2. The van der Waals surface area contributed by atoms with Gasteiger partial charge in [-0.15, -0.1) is 0 Å². The van der Waals surface area contributed by atoms with Crippen LogP contribution < -0.4 is 4.90 Å². The van der Waals surface area contributed by atoms with E-state index in [1.54, 1.807) is 0 Å². The second-order valence-electron chi connectivity index (χ2n) is 18.6. The third-order valence-electron chi connectivity index (χ3n) is 14.4. The topological polar surface area (TPSA) is 3.24 Å². The quantitative estimate of drug-likeness (QED) is 0.0735. The van der Waals surface area contributed by atoms with E-state index in [2.05, 4.69) is 209 Å². The van der Waals surface area contributed by atoms with Crippen molar-refractivity contribution in [3.8, 4) is 33.4 Å². The highest BCUT2D eigenvalue weighted by atomic mass is 15.1. The summed E-state index contributed by atoms with van der Waals surface area (Å²) in [5.41, 5.74) is 17.1. The minimum absolute atomic E-state index is 0.0962. The van der Waals surface area contributed by atoms with Crippen LogP contribution in [0.2, 0.25) is 0 Å². The van der Waals surface area contributed by atoms with Crippen LogP contribution in [0.1, 0.15) is 100 Å². The predicted molar refractivity (Wildman–Crippen MR) is 278 cm³/mol. The van der Waals surface area contributed by atoms with Crippen molar-refractivity contribution in [2.75, 3.05) is 4.90 Å². The Hall–Kier alpha value is -6.44. The lowest BCUT2D eigenvalue weighted by Gasteiger charge is -2.34. The molecule has 9 aromatic rings. The number of nitrogens with zero attached hydrogens (tertiary/aromatic N) is 1. The highest BCUT2D eigenvalue weighted by Crippen LogP contribution is 2.57. The summed E-state index contributed by atoms with van der Waals surface area (Å²) in [5, 5.41) is 7.77. The van der Waals surface area contributed by atoms with Gasteiger partial charge in [-0.25, -0.2) is 0 Å². The molecule has 0 aliphatic heterocycles. The standard InChI is InChI=1S/C63H61N/c1-5-7-9-17-39-63(40-18-10-8-6-2)59-42-49(31-37-53(59)54-38-36-52(43-60(54)63)64(50-32-25-44(3)26-33-50)51-34-27-45(4)28-35-51)62-57-23-15-13-21-55(57)61(56-22-14-16-24-58(56)62)48-30-29-46-19-11-12-20-47(46)41-48/h11-16,19-38,41-43H,5-10,17-18,39-40H2,1-4H3. The molecule has 0 unspecified atom stereocenters. The molecule has 1 aliphatic rings. The summed E-state index contributed by atoms with van der Waals surface area (Å²) in [4.78, 5) is 2.47. The number of benzene rings is 9. The largest absolute Gasteiger partial charge is 0.310 e. The first-order valence-electron chi connectivity index (χ1n) is 24.1. The fourth-order valence-electron chi connectivity index (χ4n) is 11.1. The molecule has 0 saturated heterocycles. The normalized spacial score (nSPS) is 12.8. The van der Waals surface area contributed by atoms with Gasteiger partial charge in [-0.3, -0.25) is 0 Å². The number of hydrogen-bond acceptors (Lipinski definition) is 1. The molecular formula is C63H61N. The summed E-state index contributed by atoms with van der Waals surface area (Å²) in [5.74, 6) is 0. The molecule has 0 radical (unpaired) electrons. The van der Waals surface area contributed by atoms with Gasteiger partial charge in [0, 0.05) is 22.5 Å². The van der Waals surface area contributed by atoms with Gasteiger partial charge >= 0.3 is 0 Å². The Bertz CT molecular complexity index is 2980. The van der Waals surface area contributed by atoms with Crippen LogP contribution in [0, 0.1) is 13.8 Å². The number of hydrogen-bond donors (Lipinski definition) is 0. The van der Waals surface area contributed by atoms with Crippen LogP contribution in [0.5, 0.6) is 0 Å². The lowest BCUT2D eigenvalue weighted by atomic mass is 9.70. The molecule has 64 heavy (non-hydrogen) atoms. The van der Waals surface area contributed by atoms with Gasteiger partial charge in [0.2, 0.25) is 0 Å². The molecule has 0 N–H and O–H groups in total. The van der Waals surface area contributed by atoms with Crippen molar-refractivity contribution in [2.24, 2.45) is 0 Å². The Morgan fingerprint density at radius 1 is 0.375 bits per heavy atom. The summed E-state index contributed by atoms with van der Waals surface area (Å²) < 4.78 is 0. The number of aryl methyl sites for hydroxylation is 2. The van der Waals surface area contributed by atoms with Crippen LogP contribution in [0.4, 0.5) is 17.1 Å². The molecule has 0 bridgehead atoms. The van der Waals surface area contributed by atoms with Crippen molar-refractivity contribution >= 4 is 49.4 Å². The highest BCUT2D eigenvalue weighted by molar-refractivity contribution is 6.22. The van der Waals surface area contributed by atoms with Gasteiger partial charge in [-0.2, -0.15) is 0 Å². The van der Waals surface area contributed by atoms with Gasteiger partial charge in [-0.05, 0) is 152 Å². The zero-order chi connectivity index (χ0) is 43.6. The monoisotopic (exact) mass is 831 g/mol. The molecule has 0 spiro atoms. The van der Waals surface area contributed by atoms with Crippen LogP contribution >= 0.6 is 0 Å². The van der Waals surface area contributed by atoms with Crippen LogP contribution in [0.15, 0.2) is 176 Å². The van der Waals surface area contributed by atoms with Crippen LogP contribution in [-0.2, 0) is 5.41 Å². The Balaban J connectivity index is 1.18. The Morgan fingerprint density at radius 3 is 1.34 bits per heavy atom. The molecule has 0 fully saturated rings. The maximum absolute atomic E-state index is 2.65. The van der Waals surface area contributed by atoms with Crippen LogP contribution in [0.3, 0.4) is 0 Å². The minimum atomic E-state index is -0.0962. The van der Waals surface area contributed by atoms with Gasteiger partial charge in [0.05, 0.1) is 0 Å². The second kappa shape index (κ2) is 18.0. The Labute approximate surface area is 381 Å². The van der Waals surface area contributed by atoms with E-state index < -0.39 is 0 Å². The average molecular weight is 832 g/mol. The third-order valence-corrected chi connectivity index (χ3v) is 14.4. The van der Waals surface area contributed by atoms with Crippen molar-refractivity contribution in [3.05, 3.63) is 198 Å². The molecule has 0 amide bonds. The average Bonchev–Trinajstić information content (AvgIpc) is 3.60.